The number of thiazole rings is 1. The van der Waals surface area contributed by atoms with E-state index in [0.717, 1.165) is 11.3 Å². The third-order valence-electron chi connectivity index (χ3n) is 5.05. The molecule has 0 fully saturated rings. The predicted molar refractivity (Wildman–Crippen MR) is 131 cm³/mol. The molecule has 0 atom stereocenters. The maximum atomic E-state index is 11.4. The summed E-state index contributed by atoms with van der Waals surface area (Å²) in [6, 6.07) is 5.82. The van der Waals surface area contributed by atoms with Gasteiger partial charge in [-0.1, -0.05) is 0 Å². The van der Waals surface area contributed by atoms with Crippen molar-refractivity contribution in [1.82, 2.24) is 0 Å². The van der Waals surface area contributed by atoms with E-state index in [-0.39, 0.29) is 25.5 Å². The molecular weight excluding hydrogens is 476 g/mol. The number of hydrogen-bond acceptors (Lipinski definition) is 10. The molecule has 0 saturated heterocycles. The van der Waals surface area contributed by atoms with Crippen LogP contribution in [0.2, 0.25) is 0 Å². The van der Waals surface area contributed by atoms with E-state index in [9.17, 15) is 9.90 Å². The van der Waals surface area contributed by atoms with Gasteiger partial charge in [-0.25, -0.2) is 9.36 Å². The molecule has 0 bridgehead atoms. The number of aliphatic hydroxyl groups excluding tert-OH is 2. The van der Waals surface area contributed by atoms with Crippen molar-refractivity contribution in [2.75, 3.05) is 70.8 Å². The Hall–Kier alpha value is -2.48. The molecule has 35 heavy (non-hydrogen) atoms. The number of hydrogen-bond donors (Lipinski definition) is 3. The first-order chi connectivity index (χ1) is 16.9. The summed E-state index contributed by atoms with van der Waals surface area (Å²) in [5.74, 6) is -0.993. The minimum Gasteiger partial charge on any atom is -0.475 e. The molecule has 194 valence electrons. The Morgan fingerprint density at radius 3 is 2.11 bits per heavy atom. The number of azo groups is 1. The summed E-state index contributed by atoms with van der Waals surface area (Å²) < 4.78 is 17.8. The number of aromatic carboxylic acids is 1. The van der Waals surface area contributed by atoms with Crippen LogP contribution in [0.3, 0.4) is 0 Å². The predicted octanol–water partition coefficient (Wildman–Crippen LogP) is 2.14. The molecule has 11 nitrogen and oxygen atoms in total. The lowest BCUT2D eigenvalue weighted by Crippen LogP contribution is -2.33. The van der Waals surface area contributed by atoms with E-state index in [1.807, 2.05) is 25.1 Å². The molecule has 0 radical (unpaired) electrons. The average Bonchev–Trinajstić information content (AvgIpc) is 3.11. The zero-order valence-electron chi connectivity index (χ0n) is 20.5. The van der Waals surface area contributed by atoms with Crippen LogP contribution in [0.5, 0.6) is 0 Å². The lowest BCUT2D eigenvalue weighted by Gasteiger charge is -2.25. The number of aryl methyl sites for hydroxylation is 2. The summed E-state index contributed by atoms with van der Waals surface area (Å²) in [6.45, 7) is 7.30. The van der Waals surface area contributed by atoms with Crippen molar-refractivity contribution < 1.29 is 38.9 Å². The van der Waals surface area contributed by atoms with Crippen molar-refractivity contribution in [1.29, 1.82) is 0 Å². The van der Waals surface area contributed by atoms with Crippen molar-refractivity contribution in [3.8, 4) is 0 Å². The van der Waals surface area contributed by atoms with Gasteiger partial charge in [0.2, 0.25) is 5.69 Å². The normalized spacial score (nSPS) is 11.5. The Morgan fingerprint density at radius 1 is 0.971 bits per heavy atom. The summed E-state index contributed by atoms with van der Waals surface area (Å²) in [7, 11) is 1.66. The Kier molecular flexibility index (Phi) is 12.7. The van der Waals surface area contributed by atoms with Gasteiger partial charge in [-0.05, 0) is 54.1 Å². The van der Waals surface area contributed by atoms with Gasteiger partial charge in [-0.3, -0.25) is 0 Å². The number of rotatable bonds is 17. The summed E-state index contributed by atoms with van der Waals surface area (Å²) in [6.07, 6.45) is 0. The minimum atomic E-state index is -0.993. The van der Waals surface area contributed by atoms with Crippen LogP contribution in [-0.4, -0.2) is 87.2 Å². The smallest absolute Gasteiger partial charge is 0.409 e. The second-order valence-corrected chi connectivity index (χ2v) is 8.78. The molecule has 1 heterocycles. The zero-order valence-corrected chi connectivity index (χ0v) is 21.3. The molecule has 12 heteroatoms. The van der Waals surface area contributed by atoms with E-state index >= 15 is 0 Å². The molecule has 3 N–H and O–H groups in total. The maximum Gasteiger partial charge on any atom is 0.409 e. The van der Waals surface area contributed by atoms with Gasteiger partial charge < -0.3 is 34.4 Å². The van der Waals surface area contributed by atoms with Gasteiger partial charge in [-0.2, -0.15) is 0 Å². The minimum absolute atomic E-state index is 0.00862. The average molecular weight is 512 g/mol. The number of anilines is 1. The molecule has 0 saturated carbocycles. The highest BCUT2D eigenvalue weighted by atomic mass is 32.1. The highest BCUT2D eigenvalue weighted by Crippen LogP contribution is 2.28. The number of benzene rings is 1. The fraction of sp³-hybridized carbons (Fsp3) is 0.565. The zero-order chi connectivity index (χ0) is 25.6. The van der Waals surface area contributed by atoms with Crippen molar-refractivity contribution in [2.45, 2.75) is 13.8 Å². The van der Waals surface area contributed by atoms with Gasteiger partial charge in [0.05, 0.1) is 69.9 Å². The van der Waals surface area contributed by atoms with Gasteiger partial charge in [0.1, 0.15) is 5.69 Å². The largest absolute Gasteiger partial charge is 0.475 e. The second-order valence-electron chi connectivity index (χ2n) is 7.60. The number of aliphatic hydroxyl groups is 2. The van der Waals surface area contributed by atoms with Crippen molar-refractivity contribution in [3.63, 3.8) is 0 Å². The summed E-state index contributed by atoms with van der Waals surface area (Å²) in [5, 5.41) is 36.1. The Balaban J connectivity index is 2.06. The SMILES string of the molecule is Cc1cc(N(CCOCCO)CCOCCOCCO)ccc1N=Nc1sc(C)c(C(=O)O)[n+]1C. The van der Waals surface area contributed by atoms with Gasteiger partial charge in [0.25, 0.3) is 0 Å². The quantitative estimate of drug-likeness (QED) is 0.167. The fourth-order valence-corrected chi connectivity index (χ4v) is 4.19. The van der Waals surface area contributed by atoms with Crippen LogP contribution in [0.4, 0.5) is 16.5 Å². The number of carboxylic acid groups (broad SMARTS) is 1. The molecule has 1 aromatic carbocycles. The highest BCUT2D eigenvalue weighted by molar-refractivity contribution is 7.15. The van der Waals surface area contributed by atoms with Crippen LogP contribution in [0, 0.1) is 13.8 Å². The van der Waals surface area contributed by atoms with E-state index in [2.05, 4.69) is 15.1 Å². The molecule has 0 aliphatic carbocycles. The maximum absolute atomic E-state index is 11.4. The molecule has 0 aliphatic heterocycles. The molecule has 1 aromatic heterocycles. The molecule has 2 rings (SSSR count). The standard InChI is InChI=1S/C23H34N4O7S/c1-17-16-19(27(6-10-32-12-8-28)7-11-33-14-15-34-13-9-29)4-5-20(17)24-25-23-26(3)21(22(30)31)18(2)35-23/h4-5,16,28-29H,6-15H2,1-3H3/p+1. The van der Waals surface area contributed by atoms with Crippen LogP contribution in [0.15, 0.2) is 28.4 Å². The second kappa shape index (κ2) is 15.5. The summed E-state index contributed by atoms with van der Waals surface area (Å²) in [4.78, 5) is 14.2. The molecule has 0 amide bonds. The van der Waals surface area contributed by atoms with Crippen LogP contribution in [0.1, 0.15) is 20.9 Å². The number of aromatic nitrogens is 1. The van der Waals surface area contributed by atoms with E-state index in [1.54, 1.807) is 14.0 Å². The van der Waals surface area contributed by atoms with E-state index < -0.39 is 5.97 Å². The van der Waals surface area contributed by atoms with Crippen LogP contribution < -0.4 is 9.47 Å². The lowest BCUT2D eigenvalue weighted by molar-refractivity contribution is -0.657. The topological polar surface area (TPSA) is 137 Å². The number of nitrogens with zero attached hydrogens (tertiary/aromatic N) is 4. The van der Waals surface area contributed by atoms with E-state index in [1.165, 1.54) is 15.9 Å². The first-order valence-corrected chi connectivity index (χ1v) is 12.2. The summed E-state index contributed by atoms with van der Waals surface area (Å²) >= 11 is 1.28. The van der Waals surface area contributed by atoms with Gasteiger partial charge in [0.15, 0.2) is 0 Å². The van der Waals surface area contributed by atoms with Crippen molar-refractivity contribution in [2.24, 2.45) is 17.3 Å². The first kappa shape index (κ1) is 28.8. The lowest BCUT2D eigenvalue weighted by atomic mass is 10.1. The van der Waals surface area contributed by atoms with Crippen LogP contribution >= 0.6 is 11.3 Å². The van der Waals surface area contributed by atoms with Crippen molar-refractivity contribution >= 4 is 33.8 Å². The van der Waals surface area contributed by atoms with Crippen LogP contribution in [-0.2, 0) is 21.3 Å². The van der Waals surface area contributed by atoms with Gasteiger partial charge in [-0.15, -0.1) is 0 Å². The summed E-state index contributed by atoms with van der Waals surface area (Å²) in [5.41, 5.74) is 2.78. The molecule has 0 spiro atoms. The highest BCUT2D eigenvalue weighted by Gasteiger charge is 2.25. The Morgan fingerprint density at radius 2 is 1.57 bits per heavy atom. The first-order valence-electron chi connectivity index (χ1n) is 11.3. The monoisotopic (exact) mass is 511 g/mol. The third-order valence-corrected chi connectivity index (χ3v) is 6.08. The van der Waals surface area contributed by atoms with E-state index in [4.69, 9.17) is 24.4 Å². The van der Waals surface area contributed by atoms with Gasteiger partial charge in [0, 0.05) is 18.8 Å². The molecule has 0 unspecified atom stereocenters. The number of carboxylic acids is 1. The van der Waals surface area contributed by atoms with Crippen LogP contribution in [0.25, 0.3) is 0 Å². The van der Waals surface area contributed by atoms with Gasteiger partial charge >= 0.3 is 11.1 Å². The third kappa shape index (κ3) is 9.24. The number of carbonyl (C=O) groups is 1. The number of ether oxygens (including phenoxy) is 3. The fourth-order valence-electron chi connectivity index (χ4n) is 3.28. The molecular formula is C23H35N4O7S+. The van der Waals surface area contributed by atoms with E-state index in [0.29, 0.717) is 61.8 Å². The Bertz CT molecular complexity index is 968. The molecule has 2 aromatic rings. The molecule has 0 aliphatic rings. The van der Waals surface area contributed by atoms with Crippen molar-refractivity contribution in [3.05, 3.63) is 34.3 Å². The Labute approximate surface area is 209 Å².